The van der Waals surface area contributed by atoms with E-state index in [9.17, 15) is 5.11 Å². The number of aryl methyl sites for hydroxylation is 1. The summed E-state index contributed by atoms with van der Waals surface area (Å²) >= 11 is 1.64. The Balaban J connectivity index is 1.81. The Hall–Kier alpha value is -1.65. The molecule has 2 aliphatic heterocycles. The Morgan fingerprint density at radius 2 is 2.14 bits per heavy atom. The summed E-state index contributed by atoms with van der Waals surface area (Å²) in [5, 5.41) is 13.5. The quantitative estimate of drug-likeness (QED) is 0.861. The molecule has 114 valence electrons. The molecule has 0 bridgehead atoms. The van der Waals surface area contributed by atoms with Crippen LogP contribution in [0.2, 0.25) is 0 Å². The fourth-order valence-corrected chi connectivity index (χ4v) is 4.47. The van der Waals surface area contributed by atoms with Crippen LogP contribution >= 0.6 is 11.3 Å². The molecule has 1 aromatic carbocycles. The van der Waals surface area contributed by atoms with Crippen LogP contribution in [0.3, 0.4) is 0 Å². The first-order valence-corrected chi connectivity index (χ1v) is 8.80. The molecule has 22 heavy (non-hydrogen) atoms. The van der Waals surface area contributed by atoms with Crippen LogP contribution in [0.4, 0.5) is 5.69 Å². The normalized spacial score (nSPS) is 24.7. The Labute approximate surface area is 135 Å². The SMILES string of the molecule is Cc1cccc(N2C[C@](O)(c3cccs3)[N+]3=C2CCCC3)c1. The number of nitrogens with zero attached hydrogens (tertiary/aromatic N) is 2. The van der Waals surface area contributed by atoms with Gasteiger partial charge in [0, 0.05) is 6.42 Å². The fraction of sp³-hybridized carbons (Fsp3) is 0.389. The van der Waals surface area contributed by atoms with E-state index in [1.54, 1.807) is 11.3 Å². The first-order chi connectivity index (χ1) is 10.7. The Morgan fingerprint density at radius 1 is 1.23 bits per heavy atom. The third kappa shape index (κ3) is 2.09. The molecule has 4 heteroatoms. The van der Waals surface area contributed by atoms with Gasteiger partial charge in [-0.05, 0) is 48.9 Å². The van der Waals surface area contributed by atoms with E-state index in [-0.39, 0.29) is 0 Å². The van der Waals surface area contributed by atoms with E-state index >= 15 is 0 Å². The predicted molar refractivity (Wildman–Crippen MR) is 90.7 cm³/mol. The van der Waals surface area contributed by atoms with Crippen molar-refractivity contribution in [2.75, 3.05) is 18.0 Å². The second-order valence-electron chi connectivity index (χ2n) is 6.24. The summed E-state index contributed by atoms with van der Waals surface area (Å²) in [5.74, 6) is 1.27. The molecule has 0 saturated heterocycles. The molecule has 3 heterocycles. The number of aliphatic hydroxyl groups is 1. The molecule has 0 aliphatic carbocycles. The number of thiophene rings is 1. The molecule has 0 radical (unpaired) electrons. The van der Waals surface area contributed by atoms with Crippen LogP contribution in [0.15, 0.2) is 41.8 Å². The maximum atomic E-state index is 11.4. The monoisotopic (exact) mass is 313 g/mol. The van der Waals surface area contributed by atoms with Crippen LogP contribution in [0, 0.1) is 6.92 Å². The van der Waals surface area contributed by atoms with E-state index in [4.69, 9.17) is 0 Å². The van der Waals surface area contributed by atoms with Crippen molar-refractivity contribution in [2.45, 2.75) is 31.9 Å². The van der Waals surface area contributed by atoms with Crippen LogP contribution in [0.25, 0.3) is 0 Å². The van der Waals surface area contributed by atoms with Crippen LogP contribution in [0.1, 0.15) is 29.7 Å². The summed E-state index contributed by atoms with van der Waals surface area (Å²) in [5.41, 5.74) is 1.56. The molecule has 2 aliphatic rings. The van der Waals surface area contributed by atoms with Gasteiger partial charge in [0.1, 0.15) is 5.69 Å². The van der Waals surface area contributed by atoms with Gasteiger partial charge in [-0.25, -0.2) is 9.48 Å². The Kier molecular flexibility index (Phi) is 3.31. The van der Waals surface area contributed by atoms with E-state index in [0.717, 1.165) is 24.3 Å². The largest absolute Gasteiger partial charge is 0.346 e. The molecule has 3 nitrogen and oxygen atoms in total. The van der Waals surface area contributed by atoms with Crippen molar-refractivity contribution in [3.63, 3.8) is 0 Å². The van der Waals surface area contributed by atoms with E-state index in [0.29, 0.717) is 6.54 Å². The molecule has 1 atom stereocenters. The molecular weight excluding hydrogens is 292 g/mol. The van der Waals surface area contributed by atoms with Crippen LogP contribution in [0.5, 0.6) is 0 Å². The van der Waals surface area contributed by atoms with Crippen molar-refractivity contribution in [2.24, 2.45) is 0 Å². The zero-order valence-corrected chi connectivity index (χ0v) is 13.6. The third-order valence-corrected chi connectivity index (χ3v) is 5.72. The molecular formula is C18H21N2OS+. The van der Waals surface area contributed by atoms with Crippen LogP contribution < -0.4 is 4.90 Å². The van der Waals surface area contributed by atoms with Crippen molar-refractivity contribution >= 4 is 22.9 Å². The fourth-order valence-electron chi connectivity index (χ4n) is 3.65. The van der Waals surface area contributed by atoms with E-state index < -0.39 is 5.72 Å². The zero-order valence-electron chi connectivity index (χ0n) is 12.8. The standard InChI is InChI=1S/C18H21N2OS/c1-14-6-4-7-15(12-14)19-13-18(21,16-8-5-11-22-16)20-10-3-2-9-17(19)20/h4-8,11-12,21H,2-3,9-10,13H2,1H3/q+1/t18-/m0/s1. The van der Waals surface area contributed by atoms with Gasteiger partial charge >= 0.3 is 0 Å². The average Bonchev–Trinajstić information content (AvgIpc) is 3.16. The van der Waals surface area contributed by atoms with Gasteiger partial charge in [0.15, 0.2) is 6.54 Å². The highest BCUT2D eigenvalue weighted by Crippen LogP contribution is 2.37. The minimum Gasteiger partial charge on any atom is -0.346 e. The molecule has 0 fully saturated rings. The lowest BCUT2D eigenvalue weighted by molar-refractivity contribution is -0.660. The topological polar surface area (TPSA) is 26.5 Å². The van der Waals surface area contributed by atoms with Gasteiger partial charge in [0.05, 0.1) is 11.4 Å². The summed E-state index contributed by atoms with van der Waals surface area (Å²) in [6, 6.07) is 12.6. The van der Waals surface area contributed by atoms with Gasteiger partial charge in [0.2, 0.25) is 0 Å². The number of hydrogen-bond donors (Lipinski definition) is 1. The lowest BCUT2D eigenvalue weighted by Crippen LogP contribution is -2.40. The second kappa shape index (κ2) is 5.21. The highest BCUT2D eigenvalue weighted by Gasteiger charge is 2.53. The number of rotatable bonds is 2. The Bertz CT molecular complexity index is 722. The van der Waals surface area contributed by atoms with Gasteiger partial charge < -0.3 is 5.11 Å². The number of hydrogen-bond acceptors (Lipinski definition) is 3. The summed E-state index contributed by atoms with van der Waals surface area (Å²) < 4.78 is 2.23. The van der Waals surface area contributed by atoms with Gasteiger partial charge in [-0.15, -0.1) is 11.3 Å². The summed E-state index contributed by atoms with van der Waals surface area (Å²) in [6.45, 7) is 3.67. The maximum absolute atomic E-state index is 11.4. The first kappa shape index (κ1) is 14.0. The first-order valence-electron chi connectivity index (χ1n) is 7.92. The lowest BCUT2D eigenvalue weighted by Gasteiger charge is -2.22. The predicted octanol–water partition coefficient (Wildman–Crippen LogP) is 3.32. The van der Waals surface area contributed by atoms with Crippen LogP contribution in [-0.4, -0.2) is 28.6 Å². The number of amidine groups is 1. The maximum Gasteiger partial charge on any atom is 0.280 e. The van der Waals surface area contributed by atoms with Gasteiger partial charge in [-0.1, -0.05) is 18.2 Å². The van der Waals surface area contributed by atoms with Gasteiger partial charge in [-0.3, -0.25) is 0 Å². The smallest absolute Gasteiger partial charge is 0.280 e. The van der Waals surface area contributed by atoms with Gasteiger partial charge in [0.25, 0.3) is 11.6 Å². The van der Waals surface area contributed by atoms with E-state index in [1.165, 1.54) is 23.5 Å². The van der Waals surface area contributed by atoms with Crippen LogP contribution in [-0.2, 0) is 5.72 Å². The Morgan fingerprint density at radius 3 is 2.91 bits per heavy atom. The van der Waals surface area contributed by atoms with Crippen molar-refractivity contribution in [1.82, 2.24) is 0 Å². The molecule has 2 aromatic rings. The zero-order chi connectivity index (χ0) is 15.2. The highest BCUT2D eigenvalue weighted by atomic mass is 32.1. The van der Waals surface area contributed by atoms with Crippen molar-refractivity contribution in [3.05, 3.63) is 52.2 Å². The molecule has 0 saturated carbocycles. The molecule has 1 N–H and O–H groups in total. The van der Waals surface area contributed by atoms with Gasteiger partial charge in [-0.2, -0.15) is 0 Å². The molecule has 0 unspecified atom stereocenters. The van der Waals surface area contributed by atoms with Crippen molar-refractivity contribution < 1.29 is 9.68 Å². The average molecular weight is 313 g/mol. The minimum absolute atomic E-state index is 0.617. The molecule has 4 rings (SSSR count). The number of benzene rings is 1. The molecule has 0 amide bonds. The molecule has 1 aromatic heterocycles. The lowest BCUT2D eigenvalue weighted by atomic mass is 10.1. The molecule has 0 spiro atoms. The third-order valence-electron chi connectivity index (χ3n) is 4.71. The van der Waals surface area contributed by atoms with E-state index in [2.05, 4.69) is 46.7 Å². The minimum atomic E-state index is -0.881. The number of anilines is 1. The highest BCUT2D eigenvalue weighted by molar-refractivity contribution is 7.10. The summed E-state index contributed by atoms with van der Waals surface area (Å²) in [7, 11) is 0. The number of β-amino-alcohol motifs (C(OH)–C–C–N with tert-alkyl or cyclic N) is 1. The van der Waals surface area contributed by atoms with Crippen molar-refractivity contribution in [3.8, 4) is 0 Å². The summed E-state index contributed by atoms with van der Waals surface area (Å²) in [6.07, 6.45) is 3.40. The van der Waals surface area contributed by atoms with E-state index in [1.807, 2.05) is 11.4 Å². The second-order valence-corrected chi connectivity index (χ2v) is 7.19. The summed E-state index contributed by atoms with van der Waals surface area (Å²) in [4.78, 5) is 3.35. The van der Waals surface area contributed by atoms with Crippen molar-refractivity contribution in [1.29, 1.82) is 0 Å².